The monoisotopic (exact) mass is 254 g/mol. The lowest BCUT2D eigenvalue weighted by molar-refractivity contribution is -0.384. The fourth-order valence-corrected chi connectivity index (χ4v) is 2.34. The van der Waals surface area contributed by atoms with Crippen molar-refractivity contribution in [1.82, 2.24) is 9.78 Å². The van der Waals surface area contributed by atoms with Crippen molar-refractivity contribution in [3.8, 4) is 0 Å². The molecular weight excluding hydrogens is 236 g/mol. The summed E-state index contributed by atoms with van der Waals surface area (Å²) in [6, 6.07) is 0. The molecule has 0 aliphatic carbocycles. The summed E-state index contributed by atoms with van der Waals surface area (Å²) < 4.78 is 6.99. The third kappa shape index (κ3) is 2.31. The van der Waals surface area contributed by atoms with E-state index < -0.39 is 0 Å². The molecule has 0 spiro atoms. The van der Waals surface area contributed by atoms with Crippen LogP contribution >= 0.6 is 0 Å². The Balaban J connectivity index is 2.11. The summed E-state index contributed by atoms with van der Waals surface area (Å²) in [4.78, 5) is 10.6. The molecule has 1 aromatic heterocycles. The van der Waals surface area contributed by atoms with Gasteiger partial charge in [-0.2, -0.15) is 5.10 Å². The fourth-order valence-electron chi connectivity index (χ4n) is 2.34. The minimum Gasteiger partial charge on any atom is -0.378 e. The van der Waals surface area contributed by atoms with Gasteiger partial charge < -0.3 is 10.1 Å². The van der Waals surface area contributed by atoms with E-state index in [2.05, 4.69) is 10.4 Å². The Labute approximate surface area is 105 Å². The number of hydrogen-bond acceptors (Lipinski definition) is 5. The SMILES string of the molecule is Cc1nn(C)c(NCC2CCOC2C)c1[N+](=O)[O-]. The molecule has 2 heterocycles. The predicted molar refractivity (Wildman–Crippen MR) is 66.6 cm³/mol. The number of hydrogen-bond donors (Lipinski definition) is 1. The van der Waals surface area contributed by atoms with E-state index in [1.54, 1.807) is 14.0 Å². The zero-order chi connectivity index (χ0) is 13.3. The second-order valence-electron chi connectivity index (χ2n) is 4.67. The Morgan fingerprint density at radius 1 is 1.67 bits per heavy atom. The van der Waals surface area contributed by atoms with Crippen molar-refractivity contribution in [2.45, 2.75) is 26.4 Å². The zero-order valence-corrected chi connectivity index (χ0v) is 10.8. The Bertz CT molecular complexity index is 457. The van der Waals surface area contributed by atoms with Crippen LogP contribution in [0, 0.1) is 23.0 Å². The van der Waals surface area contributed by atoms with Crippen LogP contribution in [0.25, 0.3) is 0 Å². The van der Waals surface area contributed by atoms with Gasteiger partial charge in [-0.3, -0.25) is 10.1 Å². The minimum atomic E-state index is -0.390. The first-order valence-corrected chi connectivity index (χ1v) is 6.04. The van der Waals surface area contributed by atoms with Crippen molar-refractivity contribution in [3.63, 3.8) is 0 Å². The topological polar surface area (TPSA) is 82.2 Å². The number of aryl methyl sites for hydroxylation is 2. The first-order chi connectivity index (χ1) is 8.50. The molecular formula is C11H18N4O3. The predicted octanol–water partition coefficient (Wildman–Crippen LogP) is 1.47. The average Bonchev–Trinajstić information content (AvgIpc) is 2.79. The standard InChI is InChI=1S/C11H18N4O3/c1-7-10(15(16)17)11(14(3)13-7)12-6-9-4-5-18-8(9)2/h8-9,12H,4-6H2,1-3H3. The lowest BCUT2D eigenvalue weighted by Gasteiger charge is -2.15. The second kappa shape index (κ2) is 4.93. The van der Waals surface area contributed by atoms with Gasteiger partial charge in [-0.25, -0.2) is 4.68 Å². The molecule has 1 aliphatic heterocycles. The maximum absolute atomic E-state index is 11.0. The van der Waals surface area contributed by atoms with Crippen molar-refractivity contribution in [2.75, 3.05) is 18.5 Å². The third-order valence-corrected chi connectivity index (χ3v) is 3.44. The molecule has 0 amide bonds. The molecule has 0 radical (unpaired) electrons. The van der Waals surface area contributed by atoms with Crippen molar-refractivity contribution in [1.29, 1.82) is 0 Å². The fraction of sp³-hybridized carbons (Fsp3) is 0.727. The van der Waals surface area contributed by atoms with E-state index in [9.17, 15) is 10.1 Å². The molecule has 100 valence electrons. The number of rotatable bonds is 4. The maximum Gasteiger partial charge on any atom is 0.333 e. The number of nitrogens with zero attached hydrogens (tertiary/aromatic N) is 3. The van der Waals surface area contributed by atoms with Crippen LogP contribution < -0.4 is 5.32 Å². The first kappa shape index (κ1) is 12.8. The van der Waals surface area contributed by atoms with E-state index in [4.69, 9.17) is 4.74 Å². The van der Waals surface area contributed by atoms with Crippen molar-refractivity contribution in [3.05, 3.63) is 15.8 Å². The van der Waals surface area contributed by atoms with Crippen molar-refractivity contribution in [2.24, 2.45) is 13.0 Å². The van der Waals surface area contributed by atoms with E-state index in [0.29, 0.717) is 24.0 Å². The number of aromatic nitrogens is 2. The summed E-state index contributed by atoms with van der Waals surface area (Å²) >= 11 is 0. The quantitative estimate of drug-likeness (QED) is 0.650. The number of ether oxygens (including phenoxy) is 1. The lowest BCUT2D eigenvalue weighted by atomic mass is 10.0. The Hall–Kier alpha value is -1.63. The second-order valence-corrected chi connectivity index (χ2v) is 4.67. The van der Waals surface area contributed by atoms with Gasteiger partial charge in [0.15, 0.2) is 0 Å². The molecule has 7 nitrogen and oxygen atoms in total. The van der Waals surface area contributed by atoms with Gasteiger partial charge in [-0.1, -0.05) is 0 Å². The van der Waals surface area contributed by atoms with Gasteiger partial charge in [0, 0.05) is 26.1 Å². The Kier molecular flexibility index (Phi) is 3.51. The molecule has 1 fully saturated rings. The largest absolute Gasteiger partial charge is 0.378 e. The number of nitrogens with one attached hydrogen (secondary N) is 1. The summed E-state index contributed by atoms with van der Waals surface area (Å²) in [5.74, 6) is 0.858. The summed E-state index contributed by atoms with van der Waals surface area (Å²) in [5.41, 5.74) is 0.491. The molecule has 1 aliphatic rings. The van der Waals surface area contributed by atoms with E-state index >= 15 is 0 Å². The van der Waals surface area contributed by atoms with E-state index in [1.807, 2.05) is 6.92 Å². The summed E-state index contributed by atoms with van der Waals surface area (Å²) in [5, 5.41) is 18.2. The summed E-state index contributed by atoms with van der Waals surface area (Å²) in [6.45, 7) is 5.11. The van der Waals surface area contributed by atoms with Gasteiger partial charge in [-0.05, 0) is 20.3 Å². The Morgan fingerprint density at radius 3 is 2.94 bits per heavy atom. The first-order valence-electron chi connectivity index (χ1n) is 6.04. The van der Waals surface area contributed by atoms with Gasteiger partial charge in [-0.15, -0.1) is 0 Å². The van der Waals surface area contributed by atoms with Crippen LogP contribution in [-0.2, 0) is 11.8 Å². The highest BCUT2D eigenvalue weighted by Gasteiger charge is 2.27. The zero-order valence-electron chi connectivity index (χ0n) is 10.8. The smallest absolute Gasteiger partial charge is 0.333 e. The number of nitro groups is 1. The van der Waals surface area contributed by atoms with Crippen molar-refractivity contribution >= 4 is 11.5 Å². The van der Waals surface area contributed by atoms with Crippen LogP contribution in [0.2, 0.25) is 0 Å². The van der Waals surface area contributed by atoms with Gasteiger partial charge in [0.25, 0.3) is 0 Å². The van der Waals surface area contributed by atoms with Gasteiger partial charge >= 0.3 is 5.69 Å². The normalized spacial score (nSPS) is 23.3. The van der Waals surface area contributed by atoms with Crippen molar-refractivity contribution < 1.29 is 9.66 Å². The minimum absolute atomic E-state index is 0.0593. The van der Waals surface area contributed by atoms with Crippen LogP contribution in [0.5, 0.6) is 0 Å². The van der Waals surface area contributed by atoms with Gasteiger partial charge in [0.05, 0.1) is 11.0 Å². The third-order valence-electron chi connectivity index (χ3n) is 3.44. The van der Waals surface area contributed by atoms with Gasteiger partial charge in [0.1, 0.15) is 5.69 Å². The van der Waals surface area contributed by atoms with E-state index in [1.165, 1.54) is 4.68 Å². The number of anilines is 1. The highest BCUT2D eigenvalue weighted by Crippen LogP contribution is 2.28. The molecule has 2 atom stereocenters. The van der Waals surface area contributed by atoms with E-state index in [0.717, 1.165) is 13.0 Å². The molecule has 1 aromatic rings. The molecule has 1 saturated heterocycles. The van der Waals surface area contributed by atoms with Gasteiger partial charge in [0.2, 0.25) is 5.82 Å². The van der Waals surface area contributed by atoms with Crippen LogP contribution in [-0.4, -0.2) is 34.0 Å². The Morgan fingerprint density at radius 2 is 2.39 bits per heavy atom. The van der Waals surface area contributed by atoms with Crippen LogP contribution in [0.1, 0.15) is 19.0 Å². The molecule has 18 heavy (non-hydrogen) atoms. The lowest BCUT2D eigenvalue weighted by Crippen LogP contribution is -2.22. The summed E-state index contributed by atoms with van der Waals surface area (Å²) in [7, 11) is 1.71. The van der Waals surface area contributed by atoms with Crippen LogP contribution in [0.15, 0.2) is 0 Å². The molecule has 7 heteroatoms. The highest BCUT2D eigenvalue weighted by atomic mass is 16.6. The molecule has 0 aromatic carbocycles. The molecule has 0 bridgehead atoms. The highest BCUT2D eigenvalue weighted by molar-refractivity contribution is 5.59. The molecule has 2 rings (SSSR count). The summed E-state index contributed by atoms with van der Waals surface area (Å²) in [6.07, 6.45) is 1.18. The molecule has 0 saturated carbocycles. The molecule has 2 unspecified atom stereocenters. The molecule has 1 N–H and O–H groups in total. The van der Waals surface area contributed by atoms with Crippen LogP contribution in [0.3, 0.4) is 0 Å². The van der Waals surface area contributed by atoms with E-state index in [-0.39, 0.29) is 16.7 Å². The maximum atomic E-state index is 11.0. The average molecular weight is 254 g/mol. The van der Waals surface area contributed by atoms with Crippen LogP contribution in [0.4, 0.5) is 11.5 Å².